The minimum atomic E-state index is -0.591. The molecular formula is C30H43N3O3. The van der Waals surface area contributed by atoms with E-state index in [4.69, 9.17) is 0 Å². The van der Waals surface area contributed by atoms with Crippen molar-refractivity contribution in [3.8, 4) is 0 Å². The van der Waals surface area contributed by atoms with Crippen molar-refractivity contribution in [1.82, 2.24) is 15.5 Å². The van der Waals surface area contributed by atoms with Gasteiger partial charge in [-0.1, -0.05) is 50.6 Å². The third-order valence-electron chi connectivity index (χ3n) is 10.0. The quantitative estimate of drug-likeness (QED) is 0.511. The molecule has 6 heteroatoms. The van der Waals surface area contributed by atoms with E-state index in [1.54, 1.807) is 0 Å². The van der Waals surface area contributed by atoms with Gasteiger partial charge in [0.1, 0.15) is 6.04 Å². The molecule has 4 aliphatic carbocycles. The number of carbonyl (C=O) groups excluding carboxylic acids is 3. The van der Waals surface area contributed by atoms with E-state index in [2.05, 4.69) is 15.5 Å². The van der Waals surface area contributed by atoms with Crippen LogP contribution in [0.3, 0.4) is 0 Å². The molecule has 1 heterocycles. The first-order chi connectivity index (χ1) is 17.3. The molecule has 2 amide bonds. The molecular weight excluding hydrogens is 450 g/mol. The second kappa shape index (κ2) is 10.3. The zero-order valence-electron chi connectivity index (χ0n) is 22.2. The Bertz CT molecular complexity index is 965. The monoisotopic (exact) mass is 493 g/mol. The molecule has 36 heavy (non-hydrogen) atoms. The first kappa shape index (κ1) is 25.4. The van der Waals surface area contributed by atoms with E-state index in [-0.39, 0.29) is 35.2 Å². The van der Waals surface area contributed by atoms with Crippen LogP contribution in [0.15, 0.2) is 30.3 Å². The van der Waals surface area contributed by atoms with Gasteiger partial charge in [0.2, 0.25) is 11.8 Å². The zero-order chi connectivity index (χ0) is 25.4. The second-order valence-corrected chi connectivity index (χ2v) is 12.3. The zero-order valence-corrected chi connectivity index (χ0v) is 22.2. The van der Waals surface area contributed by atoms with Gasteiger partial charge in [-0.05, 0) is 87.6 Å². The maximum absolute atomic E-state index is 13.6. The average Bonchev–Trinajstić information content (AvgIpc) is 3.51. The van der Waals surface area contributed by atoms with Crippen molar-refractivity contribution in [2.75, 3.05) is 13.1 Å². The van der Waals surface area contributed by atoms with Gasteiger partial charge in [0.25, 0.3) is 0 Å². The summed E-state index contributed by atoms with van der Waals surface area (Å²) in [4.78, 5) is 42.5. The summed E-state index contributed by atoms with van der Waals surface area (Å²) in [7, 11) is 0. The molecule has 1 saturated heterocycles. The van der Waals surface area contributed by atoms with Gasteiger partial charge in [0.05, 0.1) is 18.6 Å². The molecule has 6 rings (SSSR count). The molecule has 1 aromatic rings. The second-order valence-electron chi connectivity index (χ2n) is 12.3. The predicted octanol–water partition coefficient (Wildman–Crippen LogP) is 4.25. The van der Waals surface area contributed by atoms with E-state index >= 15 is 0 Å². The topological polar surface area (TPSA) is 78.5 Å². The van der Waals surface area contributed by atoms with Crippen LogP contribution < -0.4 is 10.6 Å². The van der Waals surface area contributed by atoms with Crippen LogP contribution in [0.4, 0.5) is 0 Å². The maximum atomic E-state index is 13.6. The first-order valence-corrected chi connectivity index (χ1v) is 14.2. The number of ketones is 1. The summed E-state index contributed by atoms with van der Waals surface area (Å²) in [6.45, 7) is 7.19. The van der Waals surface area contributed by atoms with Gasteiger partial charge >= 0.3 is 0 Å². The highest BCUT2D eigenvalue weighted by Crippen LogP contribution is 2.65. The summed E-state index contributed by atoms with van der Waals surface area (Å²) >= 11 is 0. The fourth-order valence-electron chi connectivity index (χ4n) is 7.99. The van der Waals surface area contributed by atoms with Crippen molar-refractivity contribution in [3.63, 3.8) is 0 Å². The Morgan fingerprint density at radius 3 is 2.39 bits per heavy atom. The Labute approximate surface area is 216 Å². The van der Waals surface area contributed by atoms with Crippen LogP contribution in [0.5, 0.6) is 0 Å². The number of nitrogens with one attached hydrogen (secondary N) is 2. The first-order valence-electron chi connectivity index (χ1n) is 14.2. The third kappa shape index (κ3) is 4.73. The molecule has 196 valence electrons. The molecule has 2 N–H and O–H groups in total. The van der Waals surface area contributed by atoms with Gasteiger partial charge < -0.3 is 10.6 Å². The normalized spacial score (nSPS) is 33.3. The van der Waals surface area contributed by atoms with E-state index in [1.807, 2.05) is 51.1 Å². The van der Waals surface area contributed by atoms with Gasteiger partial charge in [-0.15, -0.1) is 0 Å². The SMILES string of the molecule is CCC(C)[C@H](NC(=O)[C@@H]1CCCN1CC(=O)C12CC3CC(CC1C3)C2)C(=O)N[C@H](C)c1ccccc1. The fraction of sp³-hybridized carbons (Fsp3) is 0.700. The lowest BCUT2D eigenvalue weighted by molar-refractivity contribution is -0.135. The van der Waals surface area contributed by atoms with Gasteiger partial charge in [-0.25, -0.2) is 0 Å². The summed E-state index contributed by atoms with van der Waals surface area (Å²) in [6.07, 6.45) is 8.40. The summed E-state index contributed by atoms with van der Waals surface area (Å²) in [5, 5.41) is 6.19. The minimum absolute atomic E-state index is 0.0109. The van der Waals surface area contributed by atoms with Crippen LogP contribution in [0.25, 0.3) is 0 Å². The lowest BCUT2D eigenvalue weighted by atomic mass is 9.72. The Balaban J connectivity index is 1.22. The standard InChI is InChI=1S/C30H43N3O3/c1-4-19(2)27(29(36)31-20(3)23-9-6-5-7-10-23)32-28(35)25-11-8-12-33(25)18-26(34)30-16-21-13-22(17-30)15-24(30)14-21/h5-7,9-10,19-22,24-25,27H,4,8,11-18H2,1-3H3,(H,31,36)(H,32,35)/t19?,20-,21?,22?,24?,25+,27+,30?/m1/s1. The lowest BCUT2D eigenvalue weighted by Crippen LogP contribution is -2.55. The third-order valence-corrected chi connectivity index (χ3v) is 10.0. The summed E-state index contributed by atoms with van der Waals surface area (Å²) in [6, 6.07) is 8.82. The van der Waals surface area contributed by atoms with Crippen LogP contribution in [-0.2, 0) is 14.4 Å². The van der Waals surface area contributed by atoms with Gasteiger partial charge in [-0.2, -0.15) is 0 Å². The molecule has 4 bridgehead atoms. The van der Waals surface area contributed by atoms with Crippen molar-refractivity contribution >= 4 is 17.6 Å². The summed E-state index contributed by atoms with van der Waals surface area (Å²) in [5.41, 5.74) is 0.930. The molecule has 0 aromatic heterocycles. The van der Waals surface area contributed by atoms with Crippen molar-refractivity contribution in [3.05, 3.63) is 35.9 Å². The lowest BCUT2D eigenvalue weighted by Gasteiger charge is -2.34. The summed E-state index contributed by atoms with van der Waals surface area (Å²) < 4.78 is 0. The average molecular weight is 494 g/mol. The highest BCUT2D eigenvalue weighted by atomic mass is 16.2. The smallest absolute Gasteiger partial charge is 0.243 e. The van der Waals surface area contributed by atoms with Gasteiger partial charge in [0, 0.05) is 5.41 Å². The summed E-state index contributed by atoms with van der Waals surface area (Å²) in [5.74, 6) is 2.21. The number of likely N-dealkylation sites (tertiary alicyclic amines) is 1. The van der Waals surface area contributed by atoms with Crippen molar-refractivity contribution in [2.24, 2.45) is 29.1 Å². The van der Waals surface area contributed by atoms with Crippen LogP contribution in [0, 0.1) is 29.1 Å². The molecule has 1 aromatic carbocycles. The molecule has 5 aliphatic rings. The van der Waals surface area contributed by atoms with E-state index < -0.39 is 6.04 Å². The number of benzene rings is 1. The van der Waals surface area contributed by atoms with E-state index in [0.717, 1.165) is 56.0 Å². The van der Waals surface area contributed by atoms with Gasteiger partial charge in [-0.3, -0.25) is 19.3 Å². The van der Waals surface area contributed by atoms with Crippen LogP contribution in [0.1, 0.15) is 83.7 Å². The predicted molar refractivity (Wildman–Crippen MR) is 140 cm³/mol. The molecule has 6 atom stereocenters. The molecule has 0 radical (unpaired) electrons. The van der Waals surface area contributed by atoms with Crippen LogP contribution in [0.2, 0.25) is 0 Å². The molecule has 0 spiro atoms. The van der Waals surface area contributed by atoms with Crippen LogP contribution in [-0.4, -0.2) is 47.7 Å². The molecule has 4 saturated carbocycles. The number of Topliss-reactive ketones (excluding diaryl/α,β-unsaturated/α-hetero) is 1. The largest absolute Gasteiger partial charge is 0.348 e. The van der Waals surface area contributed by atoms with Crippen molar-refractivity contribution in [2.45, 2.75) is 90.3 Å². The Hall–Kier alpha value is -2.21. The number of carbonyl (C=O) groups is 3. The highest BCUT2D eigenvalue weighted by Gasteiger charge is 2.61. The number of hydrogen-bond donors (Lipinski definition) is 2. The van der Waals surface area contributed by atoms with E-state index in [0.29, 0.717) is 18.2 Å². The Morgan fingerprint density at radius 2 is 1.72 bits per heavy atom. The molecule has 6 nitrogen and oxygen atoms in total. The molecule has 5 fully saturated rings. The number of amides is 2. The molecule has 3 unspecified atom stereocenters. The Morgan fingerprint density at radius 1 is 1.03 bits per heavy atom. The van der Waals surface area contributed by atoms with Gasteiger partial charge in [0.15, 0.2) is 5.78 Å². The molecule has 1 aliphatic heterocycles. The minimum Gasteiger partial charge on any atom is -0.348 e. The maximum Gasteiger partial charge on any atom is 0.243 e. The van der Waals surface area contributed by atoms with E-state index in [9.17, 15) is 14.4 Å². The fourth-order valence-corrected chi connectivity index (χ4v) is 7.99. The van der Waals surface area contributed by atoms with Crippen molar-refractivity contribution in [1.29, 1.82) is 0 Å². The number of rotatable bonds is 10. The number of hydrogen-bond acceptors (Lipinski definition) is 4. The van der Waals surface area contributed by atoms with Crippen LogP contribution >= 0.6 is 0 Å². The highest BCUT2D eigenvalue weighted by molar-refractivity contribution is 5.92. The number of nitrogens with zero attached hydrogens (tertiary/aromatic N) is 1. The van der Waals surface area contributed by atoms with Crippen molar-refractivity contribution < 1.29 is 14.4 Å². The van der Waals surface area contributed by atoms with E-state index in [1.165, 1.54) is 19.3 Å². The Kier molecular flexibility index (Phi) is 7.26.